The van der Waals surface area contributed by atoms with Crippen LogP contribution in [0.25, 0.3) is 0 Å². The topological polar surface area (TPSA) is 45.0 Å². The van der Waals surface area contributed by atoms with Gasteiger partial charge in [0.1, 0.15) is 5.54 Å². The predicted octanol–water partition coefficient (Wildman–Crippen LogP) is 2.83. The van der Waals surface area contributed by atoms with Gasteiger partial charge in [-0.1, -0.05) is 37.3 Å². The van der Waals surface area contributed by atoms with Gasteiger partial charge < -0.3 is 4.74 Å². The first-order valence-electron chi connectivity index (χ1n) is 6.48. The fourth-order valence-corrected chi connectivity index (χ4v) is 1.97. The number of nitrogens with one attached hydrogen (secondary N) is 1. The Morgan fingerprint density at radius 3 is 2.50 bits per heavy atom. The van der Waals surface area contributed by atoms with Crippen molar-refractivity contribution < 1.29 is 4.74 Å². The highest BCUT2D eigenvalue weighted by Gasteiger charge is 2.30. The van der Waals surface area contributed by atoms with E-state index in [0.29, 0.717) is 13.0 Å². The fourth-order valence-electron chi connectivity index (χ4n) is 1.97. The van der Waals surface area contributed by atoms with Crippen LogP contribution in [0, 0.1) is 11.3 Å². The molecule has 0 fully saturated rings. The third kappa shape index (κ3) is 3.83. The van der Waals surface area contributed by atoms with Crippen molar-refractivity contribution in [1.82, 2.24) is 5.32 Å². The maximum Gasteiger partial charge on any atom is 0.134 e. The average molecular weight is 246 g/mol. The first-order valence-corrected chi connectivity index (χ1v) is 6.48. The van der Waals surface area contributed by atoms with Gasteiger partial charge in [-0.15, -0.1) is 0 Å². The van der Waals surface area contributed by atoms with E-state index in [4.69, 9.17) is 4.74 Å². The molecule has 0 aliphatic heterocycles. The van der Waals surface area contributed by atoms with Crippen LogP contribution in [0.2, 0.25) is 0 Å². The van der Waals surface area contributed by atoms with Crippen LogP contribution in [0.1, 0.15) is 32.8 Å². The molecule has 3 nitrogen and oxygen atoms in total. The lowest BCUT2D eigenvalue weighted by atomic mass is 9.88. The fraction of sp³-hybridized carbons (Fsp3) is 0.533. The van der Waals surface area contributed by atoms with Crippen molar-refractivity contribution in [3.05, 3.63) is 35.9 Å². The highest BCUT2D eigenvalue weighted by molar-refractivity contribution is 5.31. The van der Waals surface area contributed by atoms with Crippen LogP contribution >= 0.6 is 0 Å². The van der Waals surface area contributed by atoms with Crippen LogP contribution in [-0.2, 0) is 10.3 Å². The van der Waals surface area contributed by atoms with Gasteiger partial charge in [0.25, 0.3) is 0 Å². The summed E-state index contributed by atoms with van der Waals surface area (Å²) in [5, 5.41) is 12.9. The van der Waals surface area contributed by atoms with Crippen molar-refractivity contribution in [3.63, 3.8) is 0 Å². The summed E-state index contributed by atoms with van der Waals surface area (Å²) < 4.78 is 5.58. The first-order chi connectivity index (χ1) is 8.64. The van der Waals surface area contributed by atoms with Crippen molar-refractivity contribution in [3.8, 4) is 6.07 Å². The second kappa shape index (κ2) is 7.15. The van der Waals surface area contributed by atoms with Crippen molar-refractivity contribution >= 4 is 0 Å². The Morgan fingerprint density at radius 1 is 1.33 bits per heavy atom. The molecule has 0 spiro atoms. The monoisotopic (exact) mass is 246 g/mol. The molecule has 0 aromatic heterocycles. The summed E-state index contributed by atoms with van der Waals surface area (Å²) in [6, 6.07) is 12.3. The minimum atomic E-state index is -0.648. The van der Waals surface area contributed by atoms with E-state index in [1.807, 2.05) is 51.1 Å². The molecule has 0 bridgehead atoms. The van der Waals surface area contributed by atoms with E-state index < -0.39 is 5.54 Å². The number of nitrogens with zero attached hydrogens (tertiary/aromatic N) is 1. The summed E-state index contributed by atoms with van der Waals surface area (Å²) in [5.74, 6) is 0. The summed E-state index contributed by atoms with van der Waals surface area (Å²) in [6.07, 6.45) is 0.846. The Hall–Kier alpha value is -1.37. The molecule has 0 radical (unpaired) electrons. The molecule has 1 aromatic rings. The maximum absolute atomic E-state index is 9.56. The van der Waals surface area contributed by atoms with Crippen molar-refractivity contribution in [1.29, 1.82) is 5.26 Å². The summed E-state index contributed by atoms with van der Waals surface area (Å²) in [4.78, 5) is 0. The van der Waals surface area contributed by atoms with E-state index in [0.717, 1.165) is 12.1 Å². The summed E-state index contributed by atoms with van der Waals surface area (Å²) in [7, 11) is 0. The van der Waals surface area contributed by atoms with Crippen molar-refractivity contribution in [2.75, 3.05) is 13.2 Å². The molecular weight excluding hydrogens is 224 g/mol. The van der Waals surface area contributed by atoms with Crippen LogP contribution in [0.15, 0.2) is 30.3 Å². The van der Waals surface area contributed by atoms with Crippen LogP contribution in [-0.4, -0.2) is 19.3 Å². The number of nitriles is 1. The number of hydrogen-bond acceptors (Lipinski definition) is 3. The molecule has 1 aromatic carbocycles. The molecule has 0 amide bonds. The van der Waals surface area contributed by atoms with Crippen molar-refractivity contribution in [2.24, 2.45) is 0 Å². The Labute approximate surface area is 110 Å². The number of hydrogen-bond donors (Lipinski definition) is 1. The second-order valence-electron chi connectivity index (χ2n) is 4.58. The molecule has 0 saturated heterocycles. The minimum absolute atomic E-state index is 0.193. The van der Waals surface area contributed by atoms with E-state index in [1.165, 1.54) is 0 Å². The number of benzene rings is 1. The summed E-state index contributed by atoms with van der Waals surface area (Å²) in [6.45, 7) is 7.35. The molecule has 0 heterocycles. The Balaban J connectivity index is 2.85. The second-order valence-corrected chi connectivity index (χ2v) is 4.58. The molecule has 18 heavy (non-hydrogen) atoms. The van der Waals surface area contributed by atoms with Crippen LogP contribution in [0.4, 0.5) is 0 Å². The van der Waals surface area contributed by atoms with Gasteiger partial charge in [-0.05, 0) is 26.0 Å². The first kappa shape index (κ1) is 14.7. The van der Waals surface area contributed by atoms with Crippen LogP contribution < -0.4 is 5.32 Å². The lowest BCUT2D eigenvalue weighted by Crippen LogP contribution is -2.42. The summed E-state index contributed by atoms with van der Waals surface area (Å²) in [5.41, 5.74) is 0.354. The smallest absolute Gasteiger partial charge is 0.134 e. The number of rotatable bonds is 7. The van der Waals surface area contributed by atoms with Gasteiger partial charge in [-0.2, -0.15) is 5.26 Å². The minimum Gasteiger partial charge on any atom is -0.379 e. The highest BCUT2D eigenvalue weighted by atomic mass is 16.5. The molecule has 0 saturated carbocycles. The molecule has 1 rings (SSSR count). The molecule has 98 valence electrons. The zero-order chi connectivity index (χ0) is 13.4. The third-order valence-corrected chi connectivity index (χ3v) is 2.86. The zero-order valence-corrected chi connectivity index (χ0v) is 11.4. The van der Waals surface area contributed by atoms with Gasteiger partial charge in [0.05, 0.1) is 18.8 Å². The lowest BCUT2D eigenvalue weighted by Gasteiger charge is -2.28. The average Bonchev–Trinajstić information content (AvgIpc) is 2.38. The normalized spacial score (nSPS) is 14.2. The van der Waals surface area contributed by atoms with Gasteiger partial charge >= 0.3 is 0 Å². The number of ether oxygens (including phenoxy) is 1. The molecule has 0 aliphatic rings. The van der Waals surface area contributed by atoms with Crippen LogP contribution in [0.3, 0.4) is 0 Å². The van der Waals surface area contributed by atoms with E-state index in [9.17, 15) is 5.26 Å². The van der Waals surface area contributed by atoms with Crippen molar-refractivity contribution in [2.45, 2.75) is 38.8 Å². The van der Waals surface area contributed by atoms with Gasteiger partial charge in [0.2, 0.25) is 0 Å². The van der Waals surface area contributed by atoms with Gasteiger partial charge in [-0.3, -0.25) is 5.32 Å². The zero-order valence-electron chi connectivity index (χ0n) is 11.4. The Morgan fingerprint density at radius 2 is 2.00 bits per heavy atom. The quantitative estimate of drug-likeness (QED) is 0.804. The molecule has 3 heteroatoms. The lowest BCUT2D eigenvalue weighted by molar-refractivity contribution is 0.0657. The maximum atomic E-state index is 9.56. The molecule has 1 unspecified atom stereocenters. The summed E-state index contributed by atoms with van der Waals surface area (Å²) >= 11 is 0. The van der Waals surface area contributed by atoms with E-state index >= 15 is 0 Å². The molecule has 0 aliphatic carbocycles. The molecular formula is C15H22N2O. The van der Waals surface area contributed by atoms with Crippen LogP contribution in [0.5, 0.6) is 0 Å². The van der Waals surface area contributed by atoms with E-state index in [2.05, 4.69) is 11.4 Å². The Bertz CT molecular complexity index is 383. The molecule has 1 atom stereocenters. The van der Waals surface area contributed by atoms with Gasteiger partial charge in [0, 0.05) is 6.42 Å². The Kier molecular flexibility index (Phi) is 5.84. The molecule has 1 N–H and O–H groups in total. The van der Waals surface area contributed by atoms with E-state index in [-0.39, 0.29) is 6.10 Å². The highest BCUT2D eigenvalue weighted by Crippen LogP contribution is 2.24. The van der Waals surface area contributed by atoms with Gasteiger partial charge in [-0.25, -0.2) is 0 Å². The predicted molar refractivity (Wildman–Crippen MR) is 73.1 cm³/mol. The third-order valence-electron chi connectivity index (χ3n) is 2.86. The van der Waals surface area contributed by atoms with Gasteiger partial charge in [0.15, 0.2) is 0 Å². The van der Waals surface area contributed by atoms with E-state index in [1.54, 1.807) is 0 Å². The standard InChI is InChI=1S/C15H22N2O/c1-4-17-15(12-16,10-11-18-13(2)3)14-8-6-5-7-9-14/h5-9,13,17H,4,10-11H2,1-3H3. The largest absolute Gasteiger partial charge is 0.379 e. The SMILES string of the molecule is CCNC(C#N)(CCOC(C)C)c1ccccc1.